The first-order valence-electron chi connectivity index (χ1n) is 9.43. The fourth-order valence-corrected chi connectivity index (χ4v) is 2.86. The van der Waals surface area contributed by atoms with E-state index in [0.717, 1.165) is 22.4 Å². The van der Waals surface area contributed by atoms with Crippen LogP contribution in [0.15, 0.2) is 65.5 Å². The van der Waals surface area contributed by atoms with Crippen LogP contribution in [0.1, 0.15) is 25.8 Å². The Morgan fingerprint density at radius 1 is 1.10 bits per heavy atom. The van der Waals surface area contributed by atoms with Crippen LogP contribution >= 0.6 is 0 Å². The molecule has 1 atom stereocenters. The van der Waals surface area contributed by atoms with E-state index >= 15 is 0 Å². The SMILES string of the molecule is CCc1ccccc1NC(=O)[C@@H](CC)Oc1ccc(=O)n(-c2ccc(F)cc2)n1. The fraction of sp³-hybridized carbons (Fsp3) is 0.227. The Morgan fingerprint density at radius 3 is 2.52 bits per heavy atom. The van der Waals surface area contributed by atoms with Gasteiger partial charge in [0.2, 0.25) is 5.88 Å². The monoisotopic (exact) mass is 395 g/mol. The van der Waals surface area contributed by atoms with E-state index in [0.29, 0.717) is 12.1 Å². The third-order valence-corrected chi connectivity index (χ3v) is 4.43. The van der Waals surface area contributed by atoms with Crippen LogP contribution in [0.25, 0.3) is 5.69 Å². The predicted molar refractivity (Wildman–Crippen MR) is 109 cm³/mol. The lowest BCUT2D eigenvalue weighted by Crippen LogP contribution is -2.33. The van der Waals surface area contributed by atoms with Gasteiger partial charge in [0, 0.05) is 17.8 Å². The van der Waals surface area contributed by atoms with Crippen LogP contribution in [0, 0.1) is 5.82 Å². The van der Waals surface area contributed by atoms with E-state index in [1.165, 1.54) is 36.4 Å². The number of aryl methyl sites for hydroxylation is 1. The van der Waals surface area contributed by atoms with Crippen LogP contribution in [0.5, 0.6) is 5.88 Å². The topological polar surface area (TPSA) is 73.2 Å². The fourth-order valence-electron chi connectivity index (χ4n) is 2.86. The Kier molecular flexibility index (Phi) is 6.39. The highest BCUT2D eigenvalue weighted by molar-refractivity contribution is 5.95. The molecule has 0 unspecified atom stereocenters. The van der Waals surface area contributed by atoms with Gasteiger partial charge in [0.1, 0.15) is 5.82 Å². The molecular formula is C22H22FN3O3. The number of hydrogen-bond acceptors (Lipinski definition) is 4. The van der Waals surface area contributed by atoms with Gasteiger partial charge in [0.25, 0.3) is 11.5 Å². The minimum atomic E-state index is -0.786. The second-order valence-electron chi connectivity index (χ2n) is 6.41. The molecule has 0 saturated carbocycles. The molecule has 7 heteroatoms. The Balaban J connectivity index is 1.80. The van der Waals surface area contributed by atoms with E-state index < -0.39 is 17.5 Å². The van der Waals surface area contributed by atoms with Crippen LogP contribution < -0.4 is 15.6 Å². The number of carbonyl (C=O) groups is 1. The average molecular weight is 395 g/mol. The zero-order valence-corrected chi connectivity index (χ0v) is 16.3. The van der Waals surface area contributed by atoms with Crippen molar-refractivity contribution < 1.29 is 13.9 Å². The molecule has 0 aliphatic heterocycles. The summed E-state index contributed by atoms with van der Waals surface area (Å²) in [6.45, 7) is 3.84. The Morgan fingerprint density at radius 2 is 1.83 bits per heavy atom. The number of rotatable bonds is 7. The number of benzene rings is 2. The molecule has 1 amide bonds. The van der Waals surface area contributed by atoms with Gasteiger partial charge in [-0.15, -0.1) is 5.10 Å². The van der Waals surface area contributed by atoms with Gasteiger partial charge >= 0.3 is 0 Å². The molecule has 0 fully saturated rings. The molecule has 0 bridgehead atoms. The minimum Gasteiger partial charge on any atom is -0.463 e. The smallest absolute Gasteiger partial charge is 0.271 e. The summed E-state index contributed by atoms with van der Waals surface area (Å²) in [5, 5.41) is 7.06. The van der Waals surface area contributed by atoms with Gasteiger partial charge in [-0.3, -0.25) is 9.59 Å². The minimum absolute atomic E-state index is 0.125. The lowest BCUT2D eigenvalue weighted by Gasteiger charge is -2.18. The molecule has 2 aromatic carbocycles. The van der Waals surface area contributed by atoms with Crippen molar-refractivity contribution in [2.75, 3.05) is 5.32 Å². The number of carbonyl (C=O) groups excluding carboxylic acids is 1. The molecular weight excluding hydrogens is 373 g/mol. The number of nitrogens with zero attached hydrogens (tertiary/aromatic N) is 2. The molecule has 1 N–H and O–H groups in total. The Labute approximate surface area is 168 Å². The van der Waals surface area contributed by atoms with Gasteiger partial charge in [-0.05, 0) is 48.7 Å². The zero-order chi connectivity index (χ0) is 20.8. The summed E-state index contributed by atoms with van der Waals surface area (Å²) in [5.74, 6) is -0.585. The molecule has 0 aliphatic carbocycles. The molecule has 3 aromatic rings. The summed E-state index contributed by atoms with van der Waals surface area (Å²) in [4.78, 5) is 24.8. The molecule has 1 heterocycles. The maximum Gasteiger partial charge on any atom is 0.271 e. The number of halogens is 1. The largest absolute Gasteiger partial charge is 0.463 e. The molecule has 3 rings (SSSR count). The summed E-state index contributed by atoms with van der Waals surface area (Å²) in [5.41, 5.74) is 1.78. The van der Waals surface area contributed by atoms with Crippen LogP contribution in [0.4, 0.5) is 10.1 Å². The van der Waals surface area contributed by atoms with Crippen molar-refractivity contribution in [1.82, 2.24) is 9.78 Å². The number of anilines is 1. The molecule has 0 radical (unpaired) electrons. The van der Waals surface area contributed by atoms with Gasteiger partial charge < -0.3 is 10.1 Å². The van der Waals surface area contributed by atoms with Crippen molar-refractivity contribution >= 4 is 11.6 Å². The number of hydrogen-bond donors (Lipinski definition) is 1. The predicted octanol–water partition coefficient (Wildman–Crippen LogP) is 3.73. The van der Waals surface area contributed by atoms with Gasteiger partial charge in [-0.1, -0.05) is 32.0 Å². The van der Waals surface area contributed by atoms with Crippen molar-refractivity contribution in [2.45, 2.75) is 32.8 Å². The molecule has 29 heavy (non-hydrogen) atoms. The first kappa shape index (κ1) is 20.3. The van der Waals surface area contributed by atoms with Crippen molar-refractivity contribution in [3.8, 4) is 11.6 Å². The van der Waals surface area contributed by atoms with Crippen molar-refractivity contribution in [2.24, 2.45) is 0 Å². The number of aromatic nitrogens is 2. The van der Waals surface area contributed by atoms with Gasteiger partial charge in [-0.25, -0.2) is 4.39 Å². The molecule has 0 saturated heterocycles. The standard InChI is InChI=1S/C22H22FN3O3/c1-3-15-7-5-6-8-18(15)24-22(28)19(4-2)29-20-13-14-21(27)26(25-20)17-11-9-16(23)10-12-17/h5-14,19H,3-4H2,1-2H3,(H,24,28)/t19-/m1/s1. The second kappa shape index (κ2) is 9.14. The number of amides is 1. The van der Waals surface area contributed by atoms with Crippen molar-refractivity contribution in [3.05, 3.63) is 82.4 Å². The maximum absolute atomic E-state index is 13.1. The molecule has 150 valence electrons. The van der Waals surface area contributed by atoms with Crippen molar-refractivity contribution in [3.63, 3.8) is 0 Å². The lowest BCUT2D eigenvalue weighted by molar-refractivity contribution is -0.123. The second-order valence-corrected chi connectivity index (χ2v) is 6.41. The highest BCUT2D eigenvalue weighted by Crippen LogP contribution is 2.17. The molecule has 0 aliphatic rings. The van der Waals surface area contributed by atoms with E-state index in [4.69, 9.17) is 4.74 Å². The van der Waals surface area contributed by atoms with Gasteiger partial charge in [-0.2, -0.15) is 4.68 Å². The first-order chi connectivity index (χ1) is 14.0. The summed E-state index contributed by atoms with van der Waals surface area (Å²) in [7, 11) is 0. The number of nitrogens with one attached hydrogen (secondary N) is 1. The molecule has 1 aromatic heterocycles. The summed E-state index contributed by atoms with van der Waals surface area (Å²) in [6, 6.07) is 15.7. The third-order valence-electron chi connectivity index (χ3n) is 4.43. The van der Waals surface area contributed by atoms with E-state index in [-0.39, 0.29) is 11.8 Å². The van der Waals surface area contributed by atoms with E-state index in [1.807, 2.05) is 38.1 Å². The summed E-state index contributed by atoms with van der Waals surface area (Å²) < 4.78 is 20.0. The third kappa shape index (κ3) is 4.87. The van der Waals surface area contributed by atoms with E-state index in [9.17, 15) is 14.0 Å². The van der Waals surface area contributed by atoms with Crippen LogP contribution in [-0.2, 0) is 11.2 Å². The molecule has 6 nitrogen and oxygen atoms in total. The molecule has 0 spiro atoms. The van der Waals surface area contributed by atoms with Gasteiger partial charge in [0.15, 0.2) is 6.10 Å². The quantitative estimate of drug-likeness (QED) is 0.662. The average Bonchev–Trinajstić information content (AvgIpc) is 2.74. The first-order valence-corrected chi connectivity index (χ1v) is 9.43. The summed E-state index contributed by atoms with van der Waals surface area (Å²) >= 11 is 0. The number of para-hydroxylation sites is 1. The van der Waals surface area contributed by atoms with Crippen LogP contribution in [0.2, 0.25) is 0 Å². The van der Waals surface area contributed by atoms with E-state index in [2.05, 4.69) is 10.4 Å². The Bertz CT molecular complexity index is 1050. The van der Waals surface area contributed by atoms with Gasteiger partial charge in [0.05, 0.1) is 5.69 Å². The summed E-state index contributed by atoms with van der Waals surface area (Å²) in [6.07, 6.45) is 0.419. The lowest BCUT2D eigenvalue weighted by atomic mass is 10.1. The number of ether oxygens (including phenoxy) is 1. The van der Waals surface area contributed by atoms with Crippen molar-refractivity contribution in [1.29, 1.82) is 0 Å². The Hall–Kier alpha value is -3.48. The zero-order valence-electron chi connectivity index (χ0n) is 16.3. The highest BCUT2D eigenvalue weighted by atomic mass is 19.1. The normalized spacial score (nSPS) is 11.7. The van der Waals surface area contributed by atoms with Crippen LogP contribution in [0.3, 0.4) is 0 Å². The highest BCUT2D eigenvalue weighted by Gasteiger charge is 2.20. The van der Waals surface area contributed by atoms with E-state index in [1.54, 1.807) is 0 Å². The van der Waals surface area contributed by atoms with Crippen LogP contribution in [-0.4, -0.2) is 21.8 Å². The maximum atomic E-state index is 13.1.